The molecule has 0 aliphatic heterocycles. The summed E-state index contributed by atoms with van der Waals surface area (Å²) in [5, 5.41) is 6.34. The van der Waals surface area contributed by atoms with E-state index in [0.717, 1.165) is 6.07 Å². The van der Waals surface area contributed by atoms with Crippen molar-refractivity contribution < 1.29 is 13.2 Å². The zero-order valence-electron chi connectivity index (χ0n) is 9.11. The minimum Gasteiger partial charge on any atom is -0.366 e. The van der Waals surface area contributed by atoms with Gasteiger partial charge in [-0.1, -0.05) is 0 Å². The number of rotatable bonds is 1. The van der Waals surface area contributed by atoms with E-state index < -0.39 is 11.9 Å². The first kappa shape index (κ1) is 11.9. The van der Waals surface area contributed by atoms with Crippen molar-refractivity contribution in [1.82, 2.24) is 9.78 Å². The van der Waals surface area contributed by atoms with E-state index in [-0.39, 0.29) is 5.54 Å². The van der Waals surface area contributed by atoms with Gasteiger partial charge in [-0.2, -0.15) is 18.3 Å². The highest BCUT2D eigenvalue weighted by molar-refractivity contribution is 5.39. The van der Waals surface area contributed by atoms with Crippen LogP contribution >= 0.6 is 0 Å². The molecule has 86 valence electrons. The summed E-state index contributed by atoms with van der Waals surface area (Å²) in [5.41, 5.74) is -1.17. The Morgan fingerprint density at radius 1 is 1.27 bits per heavy atom. The van der Waals surface area contributed by atoms with Crippen LogP contribution in [0.5, 0.6) is 0 Å². The summed E-state index contributed by atoms with van der Waals surface area (Å²) in [6, 6.07) is 1.01. The van der Waals surface area contributed by atoms with Gasteiger partial charge in [0.15, 0.2) is 5.69 Å². The average molecular weight is 221 g/mol. The van der Waals surface area contributed by atoms with E-state index >= 15 is 0 Å². The summed E-state index contributed by atoms with van der Waals surface area (Å²) in [4.78, 5) is 0. The molecule has 0 aliphatic carbocycles. The Morgan fingerprint density at radius 3 is 2.13 bits per heavy atom. The zero-order chi connectivity index (χ0) is 11.9. The lowest BCUT2D eigenvalue weighted by Gasteiger charge is -2.21. The van der Waals surface area contributed by atoms with E-state index in [4.69, 9.17) is 0 Å². The Balaban J connectivity index is 2.97. The predicted octanol–water partition coefficient (Wildman–Crippen LogP) is 2.65. The van der Waals surface area contributed by atoms with E-state index in [9.17, 15) is 13.2 Å². The molecular formula is C9H14F3N3. The van der Waals surface area contributed by atoms with Crippen LogP contribution in [0.15, 0.2) is 6.07 Å². The van der Waals surface area contributed by atoms with Gasteiger partial charge >= 0.3 is 6.18 Å². The number of anilines is 1. The Hall–Kier alpha value is -1.20. The van der Waals surface area contributed by atoms with Crippen molar-refractivity contribution in [3.05, 3.63) is 11.8 Å². The molecule has 1 heterocycles. The van der Waals surface area contributed by atoms with E-state index in [0.29, 0.717) is 5.82 Å². The van der Waals surface area contributed by atoms with Gasteiger partial charge < -0.3 is 5.32 Å². The monoisotopic (exact) mass is 221 g/mol. The normalized spacial score (nSPS) is 13.0. The van der Waals surface area contributed by atoms with E-state index in [1.165, 1.54) is 11.7 Å². The zero-order valence-corrected chi connectivity index (χ0v) is 9.11. The number of aromatic nitrogens is 2. The molecule has 1 aromatic heterocycles. The molecule has 0 bridgehead atoms. The molecule has 0 saturated heterocycles. The molecular weight excluding hydrogens is 207 g/mol. The van der Waals surface area contributed by atoms with Gasteiger partial charge in [-0.05, 0) is 20.8 Å². The first-order chi connectivity index (χ1) is 6.59. The van der Waals surface area contributed by atoms with Crippen LogP contribution in [0, 0.1) is 0 Å². The number of hydrogen-bond acceptors (Lipinski definition) is 2. The van der Waals surface area contributed by atoms with Gasteiger partial charge in [0.2, 0.25) is 0 Å². The van der Waals surface area contributed by atoms with Crippen LogP contribution in [0.1, 0.15) is 26.5 Å². The van der Waals surface area contributed by atoms with Gasteiger partial charge in [0.05, 0.1) is 0 Å². The van der Waals surface area contributed by atoms with Crippen LogP contribution < -0.4 is 5.32 Å². The maximum absolute atomic E-state index is 12.3. The van der Waals surface area contributed by atoms with Gasteiger partial charge in [0.25, 0.3) is 0 Å². The maximum Gasteiger partial charge on any atom is 0.435 e. The smallest absolute Gasteiger partial charge is 0.366 e. The van der Waals surface area contributed by atoms with Crippen molar-refractivity contribution >= 4 is 5.82 Å². The Labute approximate surface area is 86.3 Å². The molecule has 0 unspecified atom stereocenters. The summed E-state index contributed by atoms with van der Waals surface area (Å²) in [7, 11) is 1.48. The summed E-state index contributed by atoms with van der Waals surface area (Å²) < 4.78 is 38.1. The van der Waals surface area contributed by atoms with E-state index in [1.807, 2.05) is 20.8 Å². The second-order valence-electron chi connectivity index (χ2n) is 4.41. The van der Waals surface area contributed by atoms with Crippen LogP contribution in [0.2, 0.25) is 0 Å². The minimum absolute atomic E-state index is 0.295. The number of hydrogen-bond donors (Lipinski definition) is 1. The Kier molecular flexibility index (Phi) is 2.71. The minimum atomic E-state index is -4.39. The molecule has 1 aromatic rings. The summed E-state index contributed by atoms with van der Waals surface area (Å²) in [5.74, 6) is 0.356. The number of nitrogens with one attached hydrogen (secondary N) is 1. The SMILES string of the molecule is Cn1nc(C(F)(F)F)cc1NC(C)(C)C. The molecule has 0 saturated carbocycles. The molecule has 0 amide bonds. The van der Waals surface area contributed by atoms with Crippen LogP contribution in [0.3, 0.4) is 0 Å². The quantitative estimate of drug-likeness (QED) is 0.790. The van der Waals surface area contributed by atoms with Crippen LogP contribution in [-0.2, 0) is 13.2 Å². The second-order valence-corrected chi connectivity index (χ2v) is 4.41. The fourth-order valence-electron chi connectivity index (χ4n) is 1.11. The largest absolute Gasteiger partial charge is 0.435 e. The lowest BCUT2D eigenvalue weighted by molar-refractivity contribution is -0.141. The van der Waals surface area contributed by atoms with E-state index in [1.54, 1.807) is 0 Å². The molecule has 1 N–H and O–H groups in total. The fraction of sp³-hybridized carbons (Fsp3) is 0.667. The standard InChI is InChI=1S/C9H14F3N3/c1-8(2,3)13-7-5-6(9(10,11)12)14-15(7)4/h5,13H,1-4H3. The van der Waals surface area contributed by atoms with Gasteiger partial charge in [-0.25, -0.2) is 0 Å². The van der Waals surface area contributed by atoms with Crippen LogP contribution in [0.4, 0.5) is 19.0 Å². The van der Waals surface area contributed by atoms with Crippen LogP contribution in [0.25, 0.3) is 0 Å². The van der Waals surface area contributed by atoms with Gasteiger partial charge in [-0.15, -0.1) is 0 Å². The molecule has 6 heteroatoms. The number of halogens is 3. The number of alkyl halides is 3. The van der Waals surface area contributed by atoms with Crippen molar-refractivity contribution in [2.75, 3.05) is 5.32 Å². The third-order valence-electron chi connectivity index (χ3n) is 1.67. The highest BCUT2D eigenvalue weighted by atomic mass is 19.4. The summed E-state index contributed by atoms with van der Waals surface area (Å²) in [6.45, 7) is 5.60. The van der Waals surface area contributed by atoms with Crippen molar-refractivity contribution in [2.24, 2.45) is 7.05 Å². The predicted molar refractivity (Wildman–Crippen MR) is 51.6 cm³/mol. The number of nitrogens with zero attached hydrogens (tertiary/aromatic N) is 2. The molecule has 1 rings (SSSR count). The third-order valence-corrected chi connectivity index (χ3v) is 1.67. The summed E-state index contributed by atoms with van der Waals surface area (Å²) >= 11 is 0. The van der Waals surface area contributed by atoms with Crippen molar-refractivity contribution in [1.29, 1.82) is 0 Å². The Morgan fingerprint density at radius 2 is 1.80 bits per heavy atom. The molecule has 0 atom stereocenters. The molecule has 0 aliphatic rings. The Bertz CT molecular complexity index is 346. The van der Waals surface area contributed by atoms with Gasteiger partial charge in [-0.3, -0.25) is 4.68 Å². The first-order valence-electron chi connectivity index (χ1n) is 4.49. The first-order valence-corrected chi connectivity index (χ1v) is 4.49. The van der Waals surface area contributed by atoms with Crippen molar-refractivity contribution in [3.63, 3.8) is 0 Å². The maximum atomic E-state index is 12.3. The molecule has 0 fully saturated rings. The van der Waals surface area contributed by atoms with Crippen molar-refractivity contribution in [2.45, 2.75) is 32.5 Å². The molecule has 0 spiro atoms. The van der Waals surface area contributed by atoms with E-state index in [2.05, 4.69) is 10.4 Å². The molecule has 15 heavy (non-hydrogen) atoms. The van der Waals surface area contributed by atoms with Gasteiger partial charge in [0.1, 0.15) is 5.82 Å². The lowest BCUT2D eigenvalue weighted by atomic mass is 10.1. The molecule has 0 radical (unpaired) electrons. The van der Waals surface area contributed by atoms with Crippen LogP contribution in [-0.4, -0.2) is 15.3 Å². The molecule has 3 nitrogen and oxygen atoms in total. The fourth-order valence-corrected chi connectivity index (χ4v) is 1.11. The average Bonchev–Trinajstić information content (AvgIpc) is 2.27. The lowest BCUT2D eigenvalue weighted by Crippen LogP contribution is -2.27. The second kappa shape index (κ2) is 3.43. The highest BCUT2D eigenvalue weighted by Gasteiger charge is 2.34. The van der Waals surface area contributed by atoms with Crippen molar-refractivity contribution in [3.8, 4) is 0 Å². The highest BCUT2D eigenvalue weighted by Crippen LogP contribution is 2.30. The molecule has 0 aromatic carbocycles. The van der Waals surface area contributed by atoms with Gasteiger partial charge in [0, 0.05) is 18.7 Å². The number of aryl methyl sites for hydroxylation is 1. The topological polar surface area (TPSA) is 29.9 Å². The summed E-state index contributed by atoms with van der Waals surface area (Å²) in [6.07, 6.45) is -4.39. The third kappa shape index (κ3) is 3.14.